The standard InChI is InChI=1S/C20H15ClF4N6O2S/c1-9-8-34-19(29-9)31-16(20(23,24)25)11(7-26)18(32)30-10-2-3-13(12(22)6-10)33-14-4-5-28-17(27)15(14)21/h2-8,26H,1H3,(H2,27,28)(H,29,31)(H,30,32)/b16-11+,26-7?. The summed E-state index contributed by atoms with van der Waals surface area (Å²) in [6.07, 6.45) is -3.46. The summed E-state index contributed by atoms with van der Waals surface area (Å²) in [4.78, 5) is 20.1. The molecule has 0 radical (unpaired) electrons. The highest BCUT2D eigenvalue weighted by Crippen LogP contribution is 2.34. The normalized spacial score (nSPS) is 12.1. The maximum Gasteiger partial charge on any atom is 0.432 e. The maximum absolute atomic E-state index is 14.5. The van der Waals surface area contributed by atoms with E-state index in [9.17, 15) is 22.4 Å². The third-order valence-electron chi connectivity index (χ3n) is 4.08. The number of aromatic nitrogens is 2. The van der Waals surface area contributed by atoms with Gasteiger partial charge >= 0.3 is 6.18 Å². The Morgan fingerprint density at radius 1 is 1.26 bits per heavy atom. The molecule has 0 aliphatic rings. The number of alkyl halides is 3. The number of rotatable bonds is 7. The summed E-state index contributed by atoms with van der Waals surface area (Å²) in [6.45, 7) is 1.59. The zero-order chi connectivity index (χ0) is 25.0. The molecule has 0 fully saturated rings. The van der Waals surface area contributed by atoms with Crippen molar-refractivity contribution in [3.63, 3.8) is 0 Å². The van der Waals surface area contributed by atoms with Crippen molar-refractivity contribution in [1.82, 2.24) is 9.97 Å². The number of halogens is 5. The van der Waals surface area contributed by atoms with Gasteiger partial charge in [0.25, 0.3) is 5.91 Å². The molecule has 34 heavy (non-hydrogen) atoms. The third kappa shape index (κ3) is 5.80. The SMILES string of the molecule is Cc1csc(N/C(=C(\C=N)C(=O)Nc2ccc(Oc3ccnc(N)c3Cl)c(F)c2)C(F)(F)F)n1. The molecule has 0 unspecified atom stereocenters. The monoisotopic (exact) mass is 514 g/mol. The highest BCUT2D eigenvalue weighted by molar-refractivity contribution is 7.13. The van der Waals surface area contributed by atoms with Crippen LogP contribution in [0.1, 0.15) is 5.69 Å². The van der Waals surface area contributed by atoms with Crippen LogP contribution in [0.25, 0.3) is 0 Å². The lowest BCUT2D eigenvalue weighted by Crippen LogP contribution is -2.27. The Kier molecular flexibility index (Phi) is 7.37. The molecule has 1 amide bonds. The number of benzene rings is 1. The molecule has 178 valence electrons. The minimum Gasteiger partial charge on any atom is -0.453 e. The van der Waals surface area contributed by atoms with Crippen LogP contribution in [0.2, 0.25) is 5.02 Å². The molecule has 0 aliphatic carbocycles. The van der Waals surface area contributed by atoms with E-state index in [1.165, 1.54) is 23.7 Å². The Balaban J connectivity index is 1.85. The molecule has 2 aromatic heterocycles. The Morgan fingerprint density at radius 3 is 2.59 bits per heavy atom. The quantitative estimate of drug-likeness (QED) is 0.186. The molecule has 0 atom stereocenters. The van der Waals surface area contributed by atoms with Crippen LogP contribution in [0.5, 0.6) is 11.5 Å². The first-order valence-electron chi connectivity index (χ1n) is 9.19. The van der Waals surface area contributed by atoms with Crippen LogP contribution in [-0.2, 0) is 4.79 Å². The number of nitrogens with two attached hydrogens (primary N) is 1. The molecular weight excluding hydrogens is 500 g/mol. The van der Waals surface area contributed by atoms with Crippen molar-refractivity contribution in [3.05, 3.63) is 63.6 Å². The van der Waals surface area contributed by atoms with Gasteiger partial charge in [0.15, 0.2) is 22.4 Å². The first-order chi connectivity index (χ1) is 16.0. The Hall–Kier alpha value is -3.71. The number of carbonyl (C=O) groups excluding carboxylic acids is 1. The number of hydrogen-bond donors (Lipinski definition) is 4. The molecule has 0 saturated carbocycles. The van der Waals surface area contributed by atoms with E-state index < -0.39 is 29.2 Å². The van der Waals surface area contributed by atoms with E-state index in [1.807, 2.05) is 5.32 Å². The van der Waals surface area contributed by atoms with Gasteiger partial charge in [0.2, 0.25) is 0 Å². The van der Waals surface area contributed by atoms with Crippen LogP contribution in [0.4, 0.5) is 34.2 Å². The molecule has 5 N–H and O–H groups in total. The fourth-order valence-corrected chi connectivity index (χ4v) is 3.40. The zero-order valence-corrected chi connectivity index (χ0v) is 18.7. The van der Waals surface area contributed by atoms with Crippen LogP contribution >= 0.6 is 22.9 Å². The lowest BCUT2D eigenvalue weighted by Gasteiger charge is -2.16. The summed E-state index contributed by atoms with van der Waals surface area (Å²) < 4.78 is 60.7. The van der Waals surface area contributed by atoms with E-state index in [4.69, 9.17) is 27.5 Å². The van der Waals surface area contributed by atoms with Gasteiger partial charge in [-0.15, -0.1) is 11.3 Å². The number of aryl methyl sites for hydroxylation is 1. The van der Waals surface area contributed by atoms with E-state index >= 15 is 0 Å². The van der Waals surface area contributed by atoms with Crippen molar-refractivity contribution in [2.24, 2.45) is 0 Å². The third-order valence-corrected chi connectivity index (χ3v) is 5.34. The van der Waals surface area contributed by atoms with Gasteiger partial charge in [-0.3, -0.25) is 4.79 Å². The number of nitrogen functional groups attached to an aromatic ring is 1. The molecule has 1 aromatic carbocycles. The van der Waals surface area contributed by atoms with Gasteiger partial charge in [0.05, 0.1) is 11.3 Å². The van der Waals surface area contributed by atoms with Crippen molar-refractivity contribution in [3.8, 4) is 11.5 Å². The summed E-state index contributed by atoms with van der Waals surface area (Å²) in [6, 6.07) is 4.51. The minimum atomic E-state index is -5.00. The van der Waals surface area contributed by atoms with E-state index in [-0.39, 0.29) is 39.4 Å². The number of amides is 1. The number of thiazole rings is 1. The van der Waals surface area contributed by atoms with E-state index in [1.54, 1.807) is 6.92 Å². The van der Waals surface area contributed by atoms with Crippen LogP contribution in [-0.4, -0.2) is 28.3 Å². The number of ether oxygens (including phenoxy) is 1. The summed E-state index contributed by atoms with van der Waals surface area (Å²) in [5.74, 6) is -2.53. The Morgan fingerprint density at radius 2 is 2.00 bits per heavy atom. The second-order valence-corrected chi connectivity index (χ2v) is 7.80. The minimum absolute atomic E-state index is 0.0252. The molecule has 8 nitrogen and oxygen atoms in total. The average Bonchev–Trinajstić information content (AvgIpc) is 3.17. The molecule has 0 saturated heterocycles. The van der Waals surface area contributed by atoms with Gasteiger partial charge in [-0.25, -0.2) is 14.4 Å². The molecule has 0 aliphatic heterocycles. The smallest absolute Gasteiger partial charge is 0.432 e. The fourth-order valence-electron chi connectivity index (χ4n) is 2.56. The Bertz CT molecular complexity index is 1280. The number of nitrogens with zero attached hydrogens (tertiary/aromatic N) is 2. The second-order valence-electron chi connectivity index (χ2n) is 6.56. The van der Waals surface area contributed by atoms with Crippen molar-refractivity contribution in [2.75, 3.05) is 16.4 Å². The lowest BCUT2D eigenvalue weighted by molar-refractivity contribution is -0.114. The molecule has 0 spiro atoms. The van der Waals surface area contributed by atoms with Gasteiger partial charge in [-0.1, -0.05) is 11.6 Å². The predicted octanol–water partition coefficient (Wildman–Crippen LogP) is 5.53. The van der Waals surface area contributed by atoms with Gasteiger partial charge < -0.3 is 26.5 Å². The van der Waals surface area contributed by atoms with Gasteiger partial charge in [0.1, 0.15) is 16.5 Å². The first kappa shape index (κ1) is 24.9. The highest BCUT2D eigenvalue weighted by atomic mass is 35.5. The molecule has 3 aromatic rings. The van der Waals surface area contributed by atoms with E-state index in [0.717, 1.165) is 23.5 Å². The summed E-state index contributed by atoms with van der Waals surface area (Å²) >= 11 is 6.85. The lowest BCUT2D eigenvalue weighted by atomic mass is 10.2. The summed E-state index contributed by atoms with van der Waals surface area (Å²) in [7, 11) is 0. The average molecular weight is 515 g/mol. The molecule has 2 heterocycles. The van der Waals surface area contributed by atoms with Crippen molar-refractivity contribution in [2.45, 2.75) is 13.1 Å². The van der Waals surface area contributed by atoms with Crippen molar-refractivity contribution < 1.29 is 27.1 Å². The number of nitrogens with one attached hydrogen (secondary N) is 3. The van der Waals surface area contributed by atoms with Crippen LogP contribution < -0.4 is 21.1 Å². The van der Waals surface area contributed by atoms with Crippen LogP contribution in [0.3, 0.4) is 0 Å². The number of carbonyl (C=O) groups is 1. The van der Waals surface area contributed by atoms with Gasteiger partial charge in [0, 0.05) is 35.6 Å². The van der Waals surface area contributed by atoms with Crippen LogP contribution in [0, 0.1) is 18.2 Å². The molecule has 0 bridgehead atoms. The predicted molar refractivity (Wildman–Crippen MR) is 121 cm³/mol. The van der Waals surface area contributed by atoms with Crippen molar-refractivity contribution >= 4 is 51.7 Å². The van der Waals surface area contributed by atoms with E-state index in [2.05, 4.69) is 15.3 Å². The highest BCUT2D eigenvalue weighted by Gasteiger charge is 2.38. The second kappa shape index (κ2) is 10.1. The molecule has 3 rings (SSSR count). The molecule has 14 heteroatoms. The van der Waals surface area contributed by atoms with Crippen LogP contribution in [0.15, 0.2) is 47.1 Å². The summed E-state index contributed by atoms with van der Waals surface area (Å²) in [5, 5.41) is 12.9. The number of hydrogen-bond acceptors (Lipinski definition) is 8. The first-order valence-corrected chi connectivity index (χ1v) is 10.4. The number of anilines is 3. The van der Waals surface area contributed by atoms with E-state index in [0.29, 0.717) is 5.69 Å². The van der Waals surface area contributed by atoms with Gasteiger partial charge in [-0.05, 0) is 19.1 Å². The molecular formula is C20H15ClF4N6O2S. The number of pyridine rings is 1. The summed E-state index contributed by atoms with van der Waals surface area (Å²) in [5.41, 5.74) is 3.34. The number of allylic oxidation sites excluding steroid dienone is 1. The largest absolute Gasteiger partial charge is 0.453 e. The topological polar surface area (TPSA) is 126 Å². The Labute approximate surface area is 198 Å². The zero-order valence-electron chi connectivity index (χ0n) is 17.1. The maximum atomic E-state index is 14.5. The fraction of sp³-hybridized carbons (Fsp3) is 0.100. The van der Waals surface area contributed by atoms with Gasteiger partial charge in [-0.2, -0.15) is 13.2 Å². The van der Waals surface area contributed by atoms with Crippen molar-refractivity contribution in [1.29, 1.82) is 5.41 Å².